The van der Waals surface area contributed by atoms with Gasteiger partial charge < -0.3 is 9.64 Å². The normalized spacial score (nSPS) is 14.6. The first-order valence-corrected chi connectivity index (χ1v) is 9.75. The number of pyridine rings is 1. The topological polar surface area (TPSA) is 46.9 Å². The number of ether oxygens (including phenoxy) is 1. The largest absolute Gasteiger partial charge is 0.483 e. The smallest absolute Gasteiger partial charge is 0.274 e. The molecular formula is C20H25BrN3O2+. The number of benzene rings is 1. The van der Waals surface area contributed by atoms with Crippen molar-refractivity contribution in [2.45, 2.75) is 19.8 Å². The van der Waals surface area contributed by atoms with Gasteiger partial charge in [0.15, 0.2) is 6.61 Å². The molecule has 1 amide bonds. The van der Waals surface area contributed by atoms with Crippen LogP contribution in [0.4, 0.5) is 5.82 Å². The Morgan fingerprint density at radius 2 is 1.96 bits per heavy atom. The van der Waals surface area contributed by atoms with Crippen LogP contribution in [-0.4, -0.2) is 43.6 Å². The van der Waals surface area contributed by atoms with Crippen molar-refractivity contribution in [1.29, 1.82) is 0 Å². The average Bonchev–Trinajstić information content (AvgIpc) is 2.67. The van der Waals surface area contributed by atoms with Crippen molar-refractivity contribution in [3.8, 4) is 5.75 Å². The fraction of sp³-hybridized carbons (Fsp3) is 0.400. The molecule has 5 nitrogen and oxygen atoms in total. The monoisotopic (exact) mass is 418 g/mol. The van der Waals surface area contributed by atoms with E-state index in [1.165, 1.54) is 5.56 Å². The SMILES string of the molecule is CC(C)c1ccc(OCC(=O)N2CCN(c3cccc[nH+]3)CC2)c(Br)c1. The number of carbonyl (C=O) groups is 1. The molecule has 0 unspecified atom stereocenters. The number of halogens is 1. The van der Waals surface area contributed by atoms with Gasteiger partial charge in [-0.3, -0.25) is 9.69 Å². The second kappa shape index (κ2) is 8.54. The van der Waals surface area contributed by atoms with E-state index >= 15 is 0 Å². The molecule has 0 bridgehead atoms. The third kappa shape index (κ3) is 4.55. The molecule has 1 aliphatic rings. The van der Waals surface area contributed by atoms with Gasteiger partial charge in [0.25, 0.3) is 11.7 Å². The van der Waals surface area contributed by atoms with E-state index in [4.69, 9.17) is 4.74 Å². The van der Waals surface area contributed by atoms with Crippen LogP contribution in [0.25, 0.3) is 0 Å². The molecule has 6 heteroatoms. The van der Waals surface area contributed by atoms with E-state index in [0.29, 0.717) is 24.8 Å². The molecule has 1 aliphatic heterocycles. The predicted octanol–water partition coefficient (Wildman–Crippen LogP) is 3.11. The number of H-pyrrole nitrogens is 1. The molecule has 1 saturated heterocycles. The predicted molar refractivity (Wildman–Crippen MR) is 106 cm³/mol. The Morgan fingerprint density at radius 3 is 2.58 bits per heavy atom. The van der Waals surface area contributed by atoms with Crippen molar-refractivity contribution in [1.82, 2.24) is 4.90 Å². The summed E-state index contributed by atoms with van der Waals surface area (Å²) in [6.45, 7) is 7.42. The molecule has 2 aromatic rings. The van der Waals surface area contributed by atoms with Crippen molar-refractivity contribution < 1.29 is 14.5 Å². The molecule has 1 N–H and O–H groups in total. The fourth-order valence-corrected chi connectivity index (χ4v) is 3.51. The quantitative estimate of drug-likeness (QED) is 0.749. The van der Waals surface area contributed by atoms with Crippen LogP contribution in [0.15, 0.2) is 47.1 Å². The second-order valence-corrected chi connectivity index (χ2v) is 7.60. The number of aromatic amines is 1. The molecule has 0 atom stereocenters. The highest BCUT2D eigenvalue weighted by Crippen LogP contribution is 2.29. The number of hydrogen-bond donors (Lipinski definition) is 0. The minimum absolute atomic E-state index is 0.0292. The Bertz CT molecular complexity index is 744. The maximum absolute atomic E-state index is 12.5. The average molecular weight is 419 g/mol. The van der Waals surface area contributed by atoms with Gasteiger partial charge in [-0.1, -0.05) is 26.0 Å². The third-order valence-corrected chi connectivity index (χ3v) is 5.26. The van der Waals surface area contributed by atoms with Gasteiger partial charge in [-0.15, -0.1) is 0 Å². The van der Waals surface area contributed by atoms with Gasteiger partial charge in [0.2, 0.25) is 0 Å². The maximum Gasteiger partial charge on any atom is 0.274 e. The number of hydrogen-bond acceptors (Lipinski definition) is 3. The van der Waals surface area contributed by atoms with Crippen molar-refractivity contribution in [3.05, 3.63) is 52.6 Å². The first-order chi connectivity index (χ1) is 12.5. The van der Waals surface area contributed by atoms with Crippen LogP contribution in [0.2, 0.25) is 0 Å². The van der Waals surface area contributed by atoms with Crippen molar-refractivity contribution in [2.24, 2.45) is 0 Å². The summed E-state index contributed by atoms with van der Waals surface area (Å²) in [5.74, 6) is 2.28. The van der Waals surface area contributed by atoms with E-state index in [1.807, 2.05) is 35.4 Å². The van der Waals surface area contributed by atoms with Gasteiger partial charge in [-0.05, 0) is 45.6 Å². The standard InChI is InChI=1S/C20H24BrN3O2/c1-15(2)16-6-7-18(17(21)13-16)26-14-20(25)24-11-9-23(10-12-24)19-5-3-4-8-22-19/h3-8,13,15H,9-12,14H2,1-2H3/p+1. The van der Waals surface area contributed by atoms with Crippen molar-refractivity contribution in [2.75, 3.05) is 37.7 Å². The van der Waals surface area contributed by atoms with E-state index in [0.717, 1.165) is 23.4 Å². The molecule has 0 spiro atoms. The summed E-state index contributed by atoms with van der Waals surface area (Å²) in [5.41, 5.74) is 1.24. The lowest BCUT2D eigenvalue weighted by Gasteiger charge is -2.30. The first-order valence-electron chi connectivity index (χ1n) is 8.96. The molecule has 138 valence electrons. The molecule has 0 radical (unpaired) electrons. The van der Waals surface area contributed by atoms with Crippen LogP contribution >= 0.6 is 15.9 Å². The van der Waals surface area contributed by atoms with E-state index < -0.39 is 0 Å². The Kier molecular flexibility index (Phi) is 6.14. The number of nitrogens with one attached hydrogen (secondary N) is 1. The summed E-state index contributed by atoms with van der Waals surface area (Å²) in [6.07, 6.45) is 1.92. The Morgan fingerprint density at radius 1 is 1.19 bits per heavy atom. The highest BCUT2D eigenvalue weighted by molar-refractivity contribution is 9.10. The number of rotatable bonds is 5. The number of nitrogens with zero attached hydrogens (tertiary/aromatic N) is 2. The van der Waals surface area contributed by atoms with Crippen LogP contribution in [0.1, 0.15) is 25.3 Å². The third-order valence-electron chi connectivity index (χ3n) is 4.64. The number of anilines is 1. The zero-order valence-electron chi connectivity index (χ0n) is 15.2. The zero-order valence-corrected chi connectivity index (χ0v) is 16.8. The van der Waals surface area contributed by atoms with Gasteiger partial charge in [0.05, 0.1) is 23.8 Å². The minimum Gasteiger partial charge on any atom is -0.483 e. The summed E-state index contributed by atoms with van der Waals surface area (Å²) in [4.78, 5) is 19.8. The molecule has 26 heavy (non-hydrogen) atoms. The van der Waals surface area contributed by atoms with Gasteiger partial charge in [0, 0.05) is 6.07 Å². The van der Waals surface area contributed by atoms with Crippen LogP contribution in [0.5, 0.6) is 5.75 Å². The Balaban J connectivity index is 1.50. The first kappa shape index (κ1) is 18.7. The van der Waals surface area contributed by atoms with Gasteiger partial charge in [0.1, 0.15) is 18.8 Å². The second-order valence-electron chi connectivity index (χ2n) is 6.75. The highest BCUT2D eigenvalue weighted by atomic mass is 79.9. The van der Waals surface area contributed by atoms with Gasteiger partial charge >= 0.3 is 0 Å². The van der Waals surface area contributed by atoms with Crippen LogP contribution in [-0.2, 0) is 4.79 Å². The Hall–Kier alpha value is -2.08. The molecule has 0 saturated carbocycles. The summed E-state index contributed by atoms with van der Waals surface area (Å²) < 4.78 is 6.63. The van der Waals surface area contributed by atoms with Crippen molar-refractivity contribution >= 4 is 27.7 Å². The van der Waals surface area contributed by atoms with E-state index in [-0.39, 0.29) is 12.5 Å². The molecule has 1 aromatic carbocycles. The lowest BCUT2D eigenvalue weighted by Crippen LogP contribution is -2.51. The fourth-order valence-electron chi connectivity index (χ4n) is 3.00. The lowest BCUT2D eigenvalue weighted by molar-refractivity contribution is -0.364. The van der Waals surface area contributed by atoms with Crippen LogP contribution in [0, 0.1) is 0 Å². The van der Waals surface area contributed by atoms with E-state index in [1.54, 1.807) is 0 Å². The molecule has 2 heterocycles. The highest BCUT2D eigenvalue weighted by Gasteiger charge is 2.26. The molecule has 1 aromatic heterocycles. The Labute approximate surface area is 163 Å². The van der Waals surface area contributed by atoms with Crippen molar-refractivity contribution in [3.63, 3.8) is 0 Å². The number of piperazine rings is 1. The molecule has 0 aliphatic carbocycles. The van der Waals surface area contributed by atoms with E-state index in [2.05, 4.69) is 51.8 Å². The molecule has 3 rings (SSSR count). The molecule has 1 fully saturated rings. The lowest BCUT2D eigenvalue weighted by atomic mass is 10.0. The summed E-state index contributed by atoms with van der Waals surface area (Å²) >= 11 is 3.54. The van der Waals surface area contributed by atoms with E-state index in [9.17, 15) is 4.79 Å². The zero-order chi connectivity index (χ0) is 18.5. The summed E-state index contributed by atoms with van der Waals surface area (Å²) in [7, 11) is 0. The minimum atomic E-state index is 0.0292. The number of carbonyl (C=O) groups excluding carboxylic acids is 1. The summed E-state index contributed by atoms with van der Waals surface area (Å²) in [6, 6.07) is 12.1. The molecular weight excluding hydrogens is 394 g/mol. The van der Waals surface area contributed by atoms with Crippen LogP contribution < -0.4 is 14.6 Å². The number of amides is 1. The maximum atomic E-state index is 12.5. The van der Waals surface area contributed by atoms with Gasteiger partial charge in [-0.2, -0.15) is 0 Å². The number of aromatic nitrogens is 1. The summed E-state index contributed by atoms with van der Waals surface area (Å²) in [5, 5.41) is 0. The van der Waals surface area contributed by atoms with Gasteiger partial charge in [-0.25, -0.2) is 4.98 Å². The van der Waals surface area contributed by atoms with Crippen LogP contribution in [0.3, 0.4) is 0 Å².